The summed E-state index contributed by atoms with van der Waals surface area (Å²) in [5.74, 6) is 0.181. The Morgan fingerprint density at radius 2 is 2.14 bits per heavy atom. The molecule has 0 bridgehead atoms. The van der Waals surface area contributed by atoms with Crippen molar-refractivity contribution in [3.63, 3.8) is 0 Å². The predicted molar refractivity (Wildman–Crippen MR) is 136 cm³/mol. The van der Waals surface area contributed by atoms with E-state index in [9.17, 15) is 14.7 Å². The zero-order valence-electron chi connectivity index (χ0n) is 20.6. The van der Waals surface area contributed by atoms with Crippen molar-refractivity contribution < 1.29 is 19.4 Å². The van der Waals surface area contributed by atoms with E-state index in [-0.39, 0.29) is 12.5 Å². The van der Waals surface area contributed by atoms with Crippen molar-refractivity contribution >= 4 is 28.6 Å². The fraction of sp³-hybridized carbons (Fsp3) is 0.481. The monoisotopic (exact) mass is 491 g/mol. The number of carboxylic acid groups (broad SMARTS) is 1. The normalized spacial score (nSPS) is 19.7. The molecule has 1 aliphatic carbocycles. The van der Waals surface area contributed by atoms with Crippen molar-refractivity contribution in [2.75, 3.05) is 18.5 Å². The average Bonchev–Trinajstić information content (AvgIpc) is 3.22. The minimum absolute atomic E-state index is 0.159. The van der Waals surface area contributed by atoms with E-state index in [1.807, 2.05) is 13.2 Å². The van der Waals surface area contributed by atoms with Gasteiger partial charge in [0.05, 0.1) is 11.6 Å². The van der Waals surface area contributed by atoms with Gasteiger partial charge in [-0.1, -0.05) is 6.07 Å². The van der Waals surface area contributed by atoms with Crippen molar-refractivity contribution in [1.82, 2.24) is 20.1 Å². The molecule has 0 radical (unpaired) electrons. The number of hydrogen-bond donors (Lipinski definition) is 3. The smallest absolute Gasteiger partial charge is 0.326 e. The van der Waals surface area contributed by atoms with E-state index in [0.717, 1.165) is 61.1 Å². The number of pyridine rings is 1. The Hall–Kier alpha value is -3.46. The number of carbonyl (C=O) groups excluding carboxylic acids is 1. The molecule has 9 nitrogen and oxygen atoms in total. The van der Waals surface area contributed by atoms with E-state index >= 15 is 0 Å². The zero-order chi connectivity index (χ0) is 25.1. The lowest BCUT2D eigenvalue weighted by molar-refractivity contribution is -0.140. The number of fused-ring (bicyclic) bond motifs is 2. The molecule has 3 heterocycles. The third-order valence-corrected chi connectivity index (χ3v) is 7.20. The molecule has 9 heteroatoms. The molecule has 2 aromatic heterocycles. The van der Waals surface area contributed by atoms with E-state index in [1.165, 1.54) is 12.0 Å². The van der Waals surface area contributed by atoms with Crippen LogP contribution < -0.4 is 10.6 Å². The Kier molecular flexibility index (Phi) is 7.18. The van der Waals surface area contributed by atoms with E-state index in [1.54, 1.807) is 22.9 Å². The molecule has 5 rings (SSSR count). The first kappa shape index (κ1) is 24.2. The van der Waals surface area contributed by atoms with Crippen LogP contribution in [0.4, 0.5) is 5.82 Å². The van der Waals surface area contributed by atoms with Crippen LogP contribution in [0.15, 0.2) is 36.5 Å². The van der Waals surface area contributed by atoms with Gasteiger partial charge in [-0.05, 0) is 74.3 Å². The molecule has 2 aliphatic rings. The minimum atomic E-state index is -1.06. The topological polar surface area (TPSA) is 118 Å². The third-order valence-electron chi connectivity index (χ3n) is 7.20. The summed E-state index contributed by atoms with van der Waals surface area (Å²) in [6.07, 6.45) is 8.49. The van der Waals surface area contributed by atoms with E-state index in [0.29, 0.717) is 18.1 Å². The van der Waals surface area contributed by atoms with Crippen molar-refractivity contribution in [3.8, 4) is 0 Å². The summed E-state index contributed by atoms with van der Waals surface area (Å²) >= 11 is 0. The predicted octanol–water partition coefficient (Wildman–Crippen LogP) is 3.33. The second kappa shape index (κ2) is 10.7. The SMILES string of the molecule is Cn1cc2cc(C(=O)N[C@@H](CCO[C@H]3C[C@H](CCc4ccc5c(n4)NCCC5)C3)C(=O)O)ccc2n1. The molecular weight excluding hydrogens is 458 g/mol. The van der Waals surface area contributed by atoms with Gasteiger partial charge in [0, 0.05) is 49.5 Å². The van der Waals surface area contributed by atoms with Gasteiger partial charge in [0.25, 0.3) is 5.91 Å². The highest BCUT2D eigenvalue weighted by atomic mass is 16.5. The molecule has 0 spiro atoms. The summed E-state index contributed by atoms with van der Waals surface area (Å²) in [5.41, 5.74) is 3.64. The Balaban J connectivity index is 1.03. The van der Waals surface area contributed by atoms with E-state index < -0.39 is 17.9 Å². The number of aliphatic carboxylic acids is 1. The largest absolute Gasteiger partial charge is 0.480 e. The number of nitrogens with zero attached hydrogens (tertiary/aromatic N) is 3. The number of carboxylic acids is 1. The first-order valence-electron chi connectivity index (χ1n) is 12.8. The number of hydrogen-bond acceptors (Lipinski definition) is 6. The van der Waals surface area contributed by atoms with Crippen molar-refractivity contribution in [2.45, 2.75) is 57.1 Å². The molecule has 3 N–H and O–H groups in total. The lowest BCUT2D eigenvalue weighted by Crippen LogP contribution is -2.42. The third kappa shape index (κ3) is 5.67. The molecule has 1 aliphatic heterocycles. The van der Waals surface area contributed by atoms with Crippen LogP contribution in [0.2, 0.25) is 0 Å². The molecule has 1 fully saturated rings. The zero-order valence-corrected chi connectivity index (χ0v) is 20.6. The number of amides is 1. The highest BCUT2D eigenvalue weighted by Gasteiger charge is 2.30. The van der Waals surface area contributed by atoms with Gasteiger partial charge in [-0.3, -0.25) is 9.48 Å². The number of benzene rings is 1. The maximum Gasteiger partial charge on any atom is 0.326 e. The van der Waals surface area contributed by atoms with Crippen LogP contribution in [-0.4, -0.2) is 57.0 Å². The van der Waals surface area contributed by atoms with Crippen molar-refractivity contribution in [3.05, 3.63) is 53.3 Å². The fourth-order valence-electron chi connectivity index (χ4n) is 5.05. The Labute approximate surface area is 210 Å². The molecule has 3 aromatic rings. The summed E-state index contributed by atoms with van der Waals surface area (Å²) in [4.78, 5) is 29.1. The van der Waals surface area contributed by atoms with Crippen molar-refractivity contribution in [1.29, 1.82) is 0 Å². The Bertz CT molecular complexity index is 1250. The highest BCUT2D eigenvalue weighted by molar-refractivity contribution is 5.99. The second-order valence-electron chi connectivity index (χ2n) is 9.94. The molecule has 1 saturated carbocycles. The van der Waals surface area contributed by atoms with Gasteiger partial charge in [0.2, 0.25) is 0 Å². The standard InChI is InChI=1S/C27H33N5O4/c1-32-16-20-15-19(6-9-23(20)31-32)26(33)30-24(27(34)35)10-12-36-22-13-17(14-22)4-7-21-8-5-18-3-2-11-28-25(18)29-21/h5-6,8-9,15-17,22,24H,2-4,7,10-14H2,1H3,(H,28,29)(H,30,33)(H,34,35)/t17-,22-,24-/m0/s1. The summed E-state index contributed by atoms with van der Waals surface area (Å²) in [6, 6.07) is 8.48. The van der Waals surface area contributed by atoms with Crippen LogP contribution >= 0.6 is 0 Å². The molecule has 0 saturated heterocycles. The first-order valence-corrected chi connectivity index (χ1v) is 12.8. The van der Waals surface area contributed by atoms with Crippen molar-refractivity contribution in [2.24, 2.45) is 13.0 Å². The van der Waals surface area contributed by atoms with Gasteiger partial charge in [-0.2, -0.15) is 5.10 Å². The number of nitrogens with one attached hydrogen (secondary N) is 2. The lowest BCUT2D eigenvalue weighted by atomic mass is 9.79. The molecule has 36 heavy (non-hydrogen) atoms. The van der Waals surface area contributed by atoms with Gasteiger partial charge < -0.3 is 20.5 Å². The fourth-order valence-corrected chi connectivity index (χ4v) is 5.05. The van der Waals surface area contributed by atoms with Crippen LogP contribution in [0.5, 0.6) is 0 Å². The number of aryl methyl sites for hydroxylation is 3. The van der Waals surface area contributed by atoms with Gasteiger partial charge in [0.1, 0.15) is 11.9 Å². The van der Waals surface area contributed by atoms with Gasteiger partial charge in [-0.25, -0.2) is 9.78 Å². The van der Waals surface area contributed by atoms with Gasteiger partial charge in [-0.15, -0.1) is 0 Å². The number of aromatic nitrogens is 3. The van der Waals surface area contributed by atoms with Crippen LogP contribution in [-0.2, 0) is 29.4 Å². The Morgan fingerprint density at radius 1 is 1.28 bits per heavy atom. The molecule has 1 aromatic carbocycles. The summed E-state index contributed by atoms with van der Waals surface area (Å²) < 4.78 is 7.59. The first-order chi connectivity index (χ1) is 17.4. The summed E-state index contributed by atoms with van der Waals surface area (Å²) in [5, 5.41) is 20.7. The number of carbonyl (C=O) groups is 2. The number of rotatable bonds is 10. The average molecular weight is 492 g/mol. The molecule has 0 unspecified atom stereocenters. The second-order valence-corrected chi connectivity index (χ2v) is 9.94. The molecule has 190 valence electrons. The molecule has 1 atom stereocenters. The summed E-state index contributed by atoms with van der Waals surface area (Å²) in [6.45, 7) is 1.30. The molecule has 1 amide bonds. The van der Waals surface area contributed by atoms with Gasteiger partial charge in [0.15, 0.2) is 0 Å². The number of ether oxygens (including phenoxy) is 1. The summed E-state index contributed by atoms with van der Waals surface area (Å²) in [7, 11) is 1.81. The highest BCUT2D eigenvalue weighted by Crippen LogP contribution is 2.34. The number of anilines is 1. The van der Waals surface area contributed by atoms with Crippen LogP contribution in [0, 0.1) is 5.92 Å². The molecular formula is C27H33N5O4. The van der Waals surface area contributed by atoms with Crippen LogP contribution in [0.1, 0.15) is 53.7 Å². The Morgan fingerprint density at radius 3 is 2.97 bits per heavy atom. The van der Waals surface area contributed by atoms with E-state index in [4.69, 9.17) is 9.72 Å². The van der Waals surface area contributed by atoms with Crippen LogP contribution in [0.3, 0.4) is 0 Å². The van der Waals surface area contributed by atoms with Gasteiger partial charge >= 0.3 is 5.97 Å². The maximum atomic E-state index is 12.6. The van der Waals surface area contributed by atoms with E-state index in [2.05, 4.69) is 27.9 Å². The lowest BCUT2D eigenvalue weighted by Gasteiger charge is -2.35. The maximum absolute atomic E-state index is 12.6. The quantitative estimate of drug-likeness (QED) is 0.398. The van der Waals surface area contributed by atoms with Crippen LogP contribution in [0.25, 0.3) is 10.9 Å². The minimum Gasteiger partial charge on any atom is -0.480 e.